The smallest absolute Gasteiger partial charge is 0.744 e. The Bertz CT molecular complexity index is 1450. The molecule has 0 aliphatic rings. The van der Waals surface area contributed by atoms with E-state index in [0.717, 1.165) is 5.56 Å². The van der Waals surface area contributed by atoms with Crippen LogP contribution in [0.2, 0.25) is 0 Å². The molecule has 1 heterocycles. The SMILES string of the molecule is Cc1ccc(S(=O)(=O)[O-])cc1.O=C([O-])c1ccccn1.[Pd+2].c1ccc(P(c2ccccc2)c2ccccc2)cc1. The largest absolute Gasteiger partial charge is 2.00 e. The summed E-state index contributed by atoms with van der Waals surface area (Å²) in [5.41, 5.74) is 0.898. The van der Waals surface area contributed by atoms with Gasteiger partial charge in [-0.3, -0.25) is 4.98 Å². The van der Waals surface area contributed by atoms with Crippen molar-refractivity contribution in [3.63, 3.8) is 0 Å². The zero-order valence-electron chi connectivity index (χ0n) is 21.4. The van der Waals surface area contributed by atoms with Crippen molar-refractivity contribution in [1.29, 1.82) is 0 Å². The van der Waals surface area contributed by atoms with Gasteiger partial charge in [0.1, 0.15) is 10.1 Å². The van der Waals surface area contributed by atoms with Gasteiger partial charge in [-0.05, 0) is 55.0 Å². The molecule has 0 radical (unpaired) electrons. The van der Waals surface area contributed by atoms with Crippen LogP contribution in [0.3, 0.4) is 0 Å². The van der Waals surface area contributed by atoms with Gasteiger partial charge in [0.25, 0.3) is 0 Å². The fraction of sp³-hybridized carbons (Fsp3) is 0.0323. The number of pyridine rings is 1. The molecule has 5 aromatic rings. The number of carboxylic acids is 1. The number of hydrogen-bond donors (Lipinski definition) is 0. The van der Waals surface area contributed by atoms with Crippen LogP contribution in [0, 0.1) is 6.92 Å². The molecule has 0 spiro atoms. The van der Waals surface area contributed by atoms with Gasteiger partial charge in [-0.1, -0.05) is 115 Å². The monoisotopic (exact) mass is 661 g/mol. The zero-order chi connectivity index (χ0) is 28.1. The molecule has 0 atom stereocenters. The fourth-order valence-corrected chi connectivity index (χ4v) is 6.14. The van der Waals surface area contributed by atoms with Crippen molar-refractivity contribution < 1.29 is 43.3 Å². The molecule has 4 aromatic carbocycles. The summed E-state index contributed by atoms with van der Waals surface area (Å²) < 4.78 is 31.2. The number of carbonyl (C=O) groups is 1. The van der Waals surface area contributed by atoms with Crippen LogP contribution >= 0.6 is 7.92 Å². The molecule has 0 saturated carbocycles. The number of carbonyl (C=O) groups excluding carboxylic acids is 1. The topological polar surface area (TPSA) is 110 Å². The van der Waals surface area contributed by atoms with Crippen molar-refractivity contribution in [2.75, 3.05) is 0 Å². The average Bonchev–Trinajstić information content (AvgIpc) is 2.96. The van der Waals surface area contributed by atoms with Crippen molar-refractivity contribution in [2.24, 2.45) is 0 Å². The first-order valence-corrected chi connectivity index (χ1v) is 14.6. The van der Waals surface area contributed by atoms with Gasteiger partial charge < -0.3 is 14.5 Å². The number of carboxylic acid groups (broad SMARTS) is 1. The molecule has 6 nitrogen and oxygen atoms in total. The normalized spacial score (nSPS) is 10.2. The molecular formula is C31H26NO5PPdS. The molecule has 1 aromatic heterocycles. The van der Waals surface area contributed by atoms with E-state index in [9.17, 15) is 22.9 Å². The van der Waals surface area contributed by atoms with Crippen LogP contribution in [0.25, 0.3) is 0 Å². The van der Waals surface area contributed by atoms with Crippen molar-refractivity contribution in [3.8, 4) is 0 Å². The van der Waals surface area contributed by atoms with Crippen LogP contribution in [0.15, 0.2) is 145 Å². The maximum Gasteiger partial charge on any atom is 2.00 e. The Morgan fingerprint density at radius 2 is 1.05 bits per heavy atom. The van der Waals surface area contributed by atoms with Gasteiger partial charge in [0.05, 0.1) is 16.6 Å². The quantitative estimate of drug-likeness (QED) is 0.161. The third kappa shape index (κ3) is 10.6. The summed E-state index contributed by atoms with van der Waals surface area (Å²) in [6.45, 7) is 1.82. The minimum Gasteiger partial charge on any atom is -0.744 e. The van der Waals surface area contributed by atoms with Gasteiger partial charge >= 0.3 is 20.4 Å². The van der Waals surface area contributed by atoms with Crippen LogP contribution in [-0.4, -0.2) is 23.9 Å². The van der Waals surface area contributed by atoms with Gasteiger partial charge in [-0.2, -0.15) is 0 Å². The number of rotatable bonds is 5. The van der Waals surface area contributed by atoms with Crippen LogP contribution in [0.5, 0.6) is 0 Å². The Hall–Kier alpha value is -3.50. The second-order valence-electron chi connectivity index (χ2n) is 8.11. The molecule has 0 aliphatic carbocycles. The third-order valence-electron chi connectivity index (χ3n) is 5.23. The molecule has 40 heavy (non-hydrogen) atoms. The standard InChI is InChI=1S/C18H15P.C7H8O3S.C6H5NO2.Pd/c1-4-10-16(11-5-1)19(17-12-6-2-7-13-17)18-14-8-3-9-15-18;1-6-2-4-7(5-3-6)11(8,9)10;8-6(9)5-3-1-2-4-7-5;/h1-15H;2-5H,1H3,(H,8,9,10);1-4H,(H,8,9);/q;;;+2/p-2. The van der Waals surface area contributed by atoms with Gasteiger partial charge in [-0.25, -0.2) is 8.42 Å². The first kappa shape index (κ1) is 32.7. The first-order valence-electron chi connectivity index (χ1n) is 11.9. The Morgan fingerprint density at radius 1 is 0.650 bits per heavy atom. The number of aromatic nitrogens is 1. The van der Waals surface area contributed by atoms with E-state index in [4.69, 9.17) is 0 Å². The van der Waals surface area contributed by atoms with Crippen molar-refractivity contribution in [1.82, 2.24) is 4.98 Å². The Labute approximate surface area is 249 Å². The summed E-state index contributed by atoms with van der Waals surface area (Å²) >= 11 is 0. The molecule has 5 rings (SSSR count). The maximum absolute atomic E-state index is 10.4. The van der Waals surface area contributed by atoms with Crippen LogP contribution in [-0.2, 0) is 30.5 Å². The number of aryl methyl sites for hydroxylation is 1. The van der Waals surface area contributed by atoms with E-state index in [1.165, 1.54) is 40.3 Å². The fourth-order valence-electron chi connectivity index (χ4n) is 3.37. The molecule has 0 bridgehead atoms. The van der Waals surface area contributed by atoms with E-state index >= 15 is 0 Å². The Morgan fingerprint density at radius 3 is 1.35 bits per heavy atom. The number of benzene rings is 4. The number of hydrogen-bond acceptors (Lipinski definition) is 6. The van der Waals surface area contributed by atoms with E-state index in [-0.39, 0.29) is 31.0 Å². The number of aromatic carboxylic acids is 1. The van der Waals surface area contributed by atoms with Crippen molar-refractivity contribution in [2.45, 2.75) is 11.8 Å². The van der Waals surface area contributed by atoms with Crippen LogP contribution < -0.4 is 21.0 Å². The molecule has 0 saturated heterocycles. The summed E-state index contributed by atoms with van der Waals surface area (Å²) in [7, 11) is -4.72. The molecule has 0 fully saturated rings. The second kappa shape index (κ2) is 16.6. The van der Waals surface area contributed by atoms with Crippen molar-refractivity contribution >= 4 is 39.9 Å². The molecule has 206 valence electrons. The van der Waals surface area contributed by atoms with Gasteiger partial charge in [0, 0.05) is 6.20 Å². The van der Waals surface area contributed by atoms with E-state index < -0.39 is 24.0 Å². The van der Waals surface area contributed by atoms with Crippen LogP contribution in [0.4, 0.5) is 0 Å². The van der Waals surface area contributed by atoms with Gasteiger partial charge in [0.2, 0.25) is 0 Å². The molecular weight excluding hydrogens is 636 g/mol. The summed E-state index contributed by atoms with van der Waals surface area (Å²) in [5, 5.41) is 14.2. The summed E-state index contributed by atoms with van der Waals surface area (Å²) in [6, 6.07) is 42.7. The second-order valence-corrected chi connectivity index (χ2v) is 11.7. The van der Waals surface area contributed by atoms with E-state index in [2.05, 4.69) is 96.0 Å². The third-order valence-corrected chi connectivity index (χ3v) is 8.52. The molecule has 0 unspecified atom stereocenters. The van der Waals surface area contributed by atoms with E-state index in [1.54, 1.807) is 24.3 Å². The molecule has 0 amide bonds. The Kier molecular flexibility index (Phi) is 13.6. The minimum absolute atomic E-state index is 0. The molecule has 0 aliphatic heterocycles. The molecule has 9 heteroatoms. The summed E-state index contributed by atoms with van der Waals surface area (Å²) in [5.74, 6) is -1.24. The van der Waals surface area contributed by atoms with Gasteiger partial charge in [-0.15, -0.1) is 0 Å². The zero-order valence-corrected chi connectivity index (χ0v) is 24.7. The summed E-state index contributed by atoms with van der Waals surface area (Å²) in [4.78, 5) is 13.4. The van der Waals surface area contributed by atoms with E-state index in [1.807, 2.05) is 6.92 Å². The van der Waals surface area contributed by atoms with Crippen molar-refractivity contribution in [3.05, 3.63) is 151 Å². The minimum atomic E-state index is -4.27. The molecule has 0 N–H and O–H groups in total. The number of nitrogens with zero attached hydrogens (tertiary/aromatic N) is 1. The van der Waals surface area contributed by atoms with Crippen LogP contribution in [0.1, 0.15) is 16.1 Å². The maximum atomic E-state index is 10.4. The predicted molar refractivity (Wildman–Crippen MR) is 153 cm³/mol. The first-order chi connectivity index (χ1) is 18.8. The van der Waals surface area contributed by atoms with E-state index in [0.29, 0.717) is 0 Å². The summed E-state index contributed by atoms with van der Waals surface area (Å²) in [6.07, 6.45) is 1.41. The van der Waals surface area contributed by atoms with Gasteiger partial charge in [0.15, 0.2) is 0 Å². The predicted octanol–water partition coefficient (Wildman–Crippen LogP) is 3.79. The Balaban J connectivity index is 0.000000228. The average molecular weight is 662 g/mol.